The van der Waals surface area contributed by atoms with E-state index in [0.29, 0.717) is 0 Å². The Hall–Kier alpha value is -1.87. The maximum atomic E-state index is 5.90. The van der Waals surface area contributed by atoms with Crippen LogP contribution in [0, 0.1) is 0 Å². The van der Waals surface area contributed by atoms with Gasteiger partial charge in [-0.15, -0.1) is 0 Å². The predicted molar refractivity (Wildman–Crippen MR) is 136 cm³/mol. The zero-order chi connectivity index (χ0) is 22.7. The van der Waals surface area contributed by atoms with Crippen LogP contribution in [0.1, 0.15) is 96.5 Å². The van der Waals surface area contributed by atoms with Gasteiger partial charge in [-0.3, -0.25) is 4.98 Å². The first-order valence-corrected chi connectivity index (χ1v) is 13.1. The van der Waals surface area contributed by atoms with Gasteiger partial charge < -0.3 is 9.47 Å². The van der Waals surface area contributed by atoms with Crippen LogP contribution in [0.5, 0.6) is 5.75 Å². The van der Waals surface area contributed by atoms with E-state index < -0.39 is 0 Å². The molecule has 3 heteroatoms. The van der Waals surface area contributed by atoms with E-state index >= 15 is 0 Å². The smallest absolute Gasteiger partial charge is 0.119 e. The lowest BCUT2D eigenvalue weighted by atomic mass is 10.1. The monoisotopic (exact) mass is 439 g/mol. The minimum absolute atomic E-state index is 0.808. The number of pyridine rings is 1. The molecule has 0 saturated heterocycles. The lowest BCUT2D eigenvalue weighted by molar-refractivity contribution is 0.128. The molecule has 0 saturated carbocycles. The number of ether oxygens (including phenoxy) is 2. The van der Waals surface area contributed by atoms with Crippen LogP contribution in [0.4, 0.5) is 0 Å². The lowest BCUT2D eigenvalue weighted by Crippen LogP contribution is -1.99. The van der Waals surface area contributed by atoms with E-state index in [9.17, 15) is 0 Å². The van der Waals surface area contributed by atoms with Crippen LogP contribution in [0.15, 0.2) is 42.6 Å². The van der Waals surface area contributed by atoms with Gasteiger partial charge in [0.25, 0.3) is 0 Å². The summed E-state index contributed by atoms with van der Waals surface area (Å²) in [5.74, 6) is 0.950. The van der Waals surface area contributed by atoms with Crippen molar-refractivity contribution in [1.29, 1.82) is 0 Å². The van der Waals surface area contributed by atoms with Crippen LogP contribution < -0.4 is 4.74 Å². The van der Waals surface area contributed by atoms with Gasteiger partial charge in [0.05, 0.1) is 12.3 Å². The number of hydrogen-bond donors (Lipinski definition) is 0. The maximum absolute atomic E-state index is 5.90. The number of aryl methyl sites for hydroxylation is 1. The summed E-state index contributed by atoms with van der Waals surface area (Å²) in [6.45, 7) is 7.05. The molecule has 0 aliphatic rings. The summed E-state index contributed by atoms with van der Waals surface area (Å²) in [5.41, 5.74) is 3.42. The highest BCUT2D eigenvalue weighted by Crippen LogP contribution is 2.21. The van der Waals surface area contributed by atoms with E-state index in [1.165, 1.54) is 69.8 Å². The second-order valence-corrected chi connectivity index (χ2v) is 8.82. The van der Waals surface area contributed by atoms with Crippen molar-refractivity contribution in [2.45, 2.75) is 97.3 Å². The molecule has 0 spiro atoms. The Labute approximate surface area is 197 Å². The lowest BCUT2D eigenvalue weighted by Gasteiger charge is -2.08. The Morgan fingerprint density at radius 3 is 1.94 bits per heavy atom. The molecule has 0 unspecified atom stereocenters. The molecule has 178 valence electrons. The van der Waals surface area contributed by atoms with Crippen LogP contribution in [0.3, 0.4) is 0 Å². The van der Waals surface area contributed by atoms with Crippen LogP contribution in [0.2, 0.25) is 0 Å². The van der Waals surface area contributed by atoms with E-state index in [1.54, 1.807) is 0 Å². The highest BCUT2D eigenvalue weighted by molar-refractivity contribution is 5.60. The van der Waals surface area contributed by atoms with Gasteiger partial charge >= 0.3 is 0 Å². The molecular formula is C29H45NO2. The molecule has 0 fully saturated rings. The number of hydrogen-bond acceptors (Lipinski definition) is 3. The van der Waals surface area contributed by atoms with Crippen molar-refractivity contribution in [1.82, 2.24) is 4.98 Å². The van der Waals surface area contributed by atoms with Gasteiger partial charge in [0.15, 0.2) is 0 Å². The third-order valence-corrected chi connectivity index (χ3v) is 5.89. The Balaban J connectivity index is 1.61. The van der Waals surface area contributed by atoms with E-state index in [4.69, 9.17) is 9.47 Å². The Morgan fingerprint density at radius 1 is 0.625 bits per heavy atom. The summed E-state index contributed by atoms with van der Waals surface area (Å²) in [4.78, 5) is 4.66. The zero-order valence-electron chi connectivity index (χ0n) is 20.6. The largest absolute Gasteiger partial charge is 0.494 e. The third kappa shape index (κ3) is 11.7. The normalized spacial score (nSPS) is 11.1. The summed E-state index contributed by atoms with van der Waals surface area (Å²) in [6.07, 6.45) is 18.3. The van der Waals surface area contributed by atoms with Gasteiger partial charge in [-0.25, -0.2) is 0 Å². The van der Waals surface area contributed by atoms with E-state index in [0.717, 1.165) is 56.1 Å². The molecule has 0 radical (unpaired) electrons. The molecule has 0 amide bonds. The number of benzene rings is 1. The van der Waals surface area contributed by atoms with Crippen molar-refractivity contribution in [3.8, 4) is 17.0 Å². The number of aromatic nitrogens is 1. The van der Waals surface area contributed by atoms with Crippen LogP contribution in [0.25, 0.3) is 11.3 Å². The molecular weight excluding hydrogens is 394 g/mol. The van der Waals surface area contributed by atoms with Gasteiger partial charge in [0, 0.05) is 25.0 Å². The number of rotatable bonds is 19. The summed E-state index contributed by atoms with van der Waals surface area (Å²) in [5, 5.41) is 0. The van der Waals surface area contributed by atoms with E-state index in [-0.39, 0.29) is 0 Å². The van der Waals surface area contributed by atoms with Crippen LogP contribution >= 0.6 is 0 Å². The molecule has 0 aliphatic carbocycles. The molecule has 2 rings (SSSR count). The fourth-order valence-corrected chi connectivity index (χ4v) is 3.83. The summed E-state index contributed by atoms with van der Waals surface area (Å²) in [6, 6.07) is 12.6. The van der Waals surface area contributed by atoms with Gasteiger partial charge in [-0.2, -0.15) is 0 Å². The molecule has 32 heavy (non-hydrogen) atoms. The van der Waals surface area contributed by atoms with Crippen molar-refractivity contribution in [3.05, 3.63) is 48.2 Å². The highest BCUT2D eigenvalue weighted by Gasteiger charge is 2.02. The van der Waals surface area contributed by atoms with Gasteiger partial charge in [-0.1, -0.05) is 77.7 Å². The standard InChI is InChI=1S/C29H45NO2/c1-3-5-7-9-10-11-13-24-32-28-19-17-27(18-20-28)29-21-16-26(25-30-29)15-14-23-31-22-12-8-6-4-2/h16-21,25H,3-15,22-24H2,1-2H3. The number of unbranched alkanes of at least 4 members (excludes halogenated alkanes) is 9. The minimum Gasteiger partial charge on any atom is -0.494 e. The SMILES string of the molecule is CCCCCCCCCOc1ccc(-c2ccc(CCCOCCCCCC)cn2)cc1. The maximum Gasteiger partial charge on any atom is 0.119 e. The molecule has 0 aliphatic heterocycles. The highest BCUT2D eigenvalue weighted by atomic mass is 16.5. The van der Waals surface area contributed by atoms with Gasteiger partial charge in [-0.05, 0) is 61.6 Å². The van der Waals surface area contributed by atoms with Crippen LogP contribution in [-0.4, -0.2) is 24.8 Å². The Bertz CT molecular complexity index is 620. The van der Waals surface area contributed by atoms with Crippen molar-refractivity contribution < 1.29 is 9.47 Å². The second-order valence-electron chi connectivity index (χ2n) is 8.82. The van der Waals surface area contributed by atoms with E-state index in [2.05, 4.69) is 55.2 Å². The third-order valence-electron chi connectivity index (χ3n) is 5.89. The first kappa shape index (κ1) is 26.4. The average Bonchev–Trinajstić information content (AvgIpc) is 2.83. The predicted octanol–water partition coefficient (Wildman–Crippen LogP) is 8.41. The van der Waals surface area contributed by atoms with Crippen molar-refractivity contribution in [2.75, 3.05) is 19.8 Å². The quantitative estimate of drug-likeness (QED) is 0.206. The van der Waals surface area contributed by atoms with Crippen molar-refractivity contribution >= 4 is 0 Å². The molecule has 1 heterocycles. The molecule has 0 N–H and O–H groups in total. The summed E-state index contributed by atoms with van der Waals surface area (Å²) >= 11 is 0. The summed E-state index contributed by atoms with van der Waals surface area (Å²) in [7, 11) is 0. The molecule has 0 atom stereocenters. The molecule has 3 nitrogen and oxygen atoms in total. The minimum atomic E-state index is 0.808. The van der Waals surface area contributed by atoms with Crippen LogP contribution in [-0.2, 0) is 11.2 Å². The first-order valence-electron chi connectivity index (χ1n) is 13.1. The average molecular weight is 440 g/mol. The molecule has 0 bridgehead atoms. The topological polar surface area (TPSA) is 31.4 Å². The Kier molecular flexibility index (Phi) is 14.6. The molecule has 2 aromatic rings. The second kappa shape index (κ2) is 17.7. The fraction of sp³-hybridized carbons (Fsp3) is 0.621. The first-order chi connectivity index (χ1) is 15.8. The van der Waals surface area contributed by atoms with Gasteiger partial charge in [0.1, 0.15) is 5.75 Å². The summed E-state index contributed by atoms with van der Waals surface area (Å²) < 4.78 is 11.6. The molecule has 1 aromatic carbocycles. The Morgan fingerprint density at radius 2 is 1.25 bits per heavy atom. The van der Waals surface area contributed by atoms with Crippen molar-refractivity contribution in [3.63, 3.8) is 0 Å². The molecule has 1 aromatic heterocycles. The fourth-order valence-electron chi connectivity index (χ4n) is 3.83. The van der Waals surface area contributed by atoms with Crippen molar-refractivity contribution in [2.24, 2.45) is 0 Å². The van der Waals surface area contributed by atoms with E-state index in [1.807, 2.05) is 6.20 Å². The number of nitrogens with zero attached hydrogens (tertiary/aromatic N) is 1. The van der Waals surface area contributed by atoms with Gasteiger partial charge in [0.2, 0.25) is 0 Å². The zero-order valence-corrected chi connectivity index (χ0v) is 20.6.